The van der Waals surface area contributed by atoms with Crippen LogP contribution in [0.1, 0.15) is 27.8 Å². The van der Waals surface area contributed by atoms with Crippen molar-refractivity contribution in [2.75, 3.05) is 7.11 Å². The summed E-state index contributed by atoms with van der Waals surface area (Å²) in [7, 11) is 1.64. The number of hydrogen-bond donors (Lipinski definition) is 0. The van der Waals surface area contributed by atoms with Gasteiger partial charge in [0, 0.05) is 12.7 Å². The lowest BCUT2D eigenvalue weighted by Gasteiger charge is -2.06. The molecule has 0 aliphatic heterocycles. The number of aryl methyl sites for hydroxylation is 2. The lowest BCUT2D eigenvalue weighted by Crippen LogP contribution is -1.98. The van der Waals surface area contributed by atoms with Crippen LogP contribution in [0.3, 0.4) is 0 Å². The molecule has 4 aromatic carbocycles. The van der Waals surface area contributed by atoms with E-state index in [1.807, 2.05) is 24.3 Å². The van der Waals surface area contributed by atoms with E-state index in [0.717, 1.165) is 23.3 Å². The van der Waals surface area contributed by atoms with Gasteiger partial charge in [0.2, 0.25) is 0 Å². The average molecular weight is 448 g/mol. The molecule has 0 aliphatic rings. The maximum Gasteiger partial charge on any atom is 0.159 e. The molecule has 0 saturated carbocycles. The third-order valence-electron chi connectivity index (χ3n) is 5.35. The molecule has 0 aromatic heterocycles. The van der Waals surface area contributed by atoms with E-state index in [-0.39, 0.29) is 5.56 Å². The first-order valence-corrected chi connectivity index (χ1v) is 10.4. The molecule has 0 N–H and O–H groups in total. The van der Waals surface area contributed by atoms with Gasteiger partial charge in [0.25, 0.3) is 0 Å². The molecular formula is C28H20F4O. The fourth-order valence-corrected chi connectivity index (χ4v) is 3.60. The van der Waals surface area contributed by atoms with E-state index in [2.05, 4.69) is 11.8 Å². The van der Waals surface area contributed by atoms with Gasteiger partial charge in [0.05, 0.1) is 12.2 Å². The van der Waals surface area contributed by atoms with Crippen LogP contribution in [0.15, 0.2) is 66.7 Å². The summed E-state index contributed by atoms with van der Waals surface area (Å²) in [5.41, 5.74) is 2.78. The number of hydrogen-bond acceptors (Lipinski definition) is 1. The molecule has 0 heterocycles. The van der Waals surface area contributed by atoms with Gasteiger partial charge in [0.15, 0.2) is 11.6 Å². The monoisotopic (exact) mass is 448 g/mol. The predicted molar refractivity (Wildman–Crippen MR) is 121 cm³/mol. The Labute approximate surface area is 189 Å². The van der Waals surface area contributed by atoms with Gasteiger partial charge in [-0.05, 0) is 76.7 Å². The summed E-state index contributed by atoms with van der Waals surface area (Å²) in [6, 6.07) is 17.4. The second kappa shape index (κ2) is 9.89. The molecule has 33 heavy (non-hydrogen) atoms. The maximum absolute atomic E-state index is 14.6. The van der Waals surface area contributed by atoms with Crippen LogP contribution in [-0.4, -0.2) is 7.11 Å². The van der Waals surface area contributed by atoms with Crippen molar-refractivity contribution >= 4 is 10.8 Å². The van der Waals surface area contributed by atoms with Gasteiger partial charge in [0.1, 0.15) is 11.6 Å². The van der Waals surface area contributed by atoms with E-state index in [1.54, 1.807) is 25.3 Å². The standard InChI is InChI=1S/C28H20F4O/c1-33-17-20-5-2-18(3-6-20)4-7-21-13-25(29)24(26(30)14-21)11-9-19-8-10-22-15-27(31)28(32)16-23(22)12-19/h2-3,5-6,8,10,12-16H,4,7,17H2,1H3. The lowest BCUT2D eigenvalue weighted by molar-refractivity contribution is 0.185. The van der Waals surface area contributed by atoms with Crippen molar-refractivity contribution in [3.63, 3.8) is 0 Å². The van der Waals surface area contributed by atoms with Gasteiger partial charge < -0.3 is 4.74 Å². The number of halogens is 4. The zero-order valence-corrected chi connectivity index (χ0v) is 17.9. The van der Waals surface area contributed by atoms with E-state index < -0.39 is 23.3 Å². The fourth-order valence-electron chi connectivity index (χ4n) is 3.60. The first-order chi connectivity index (χ1) is 15.9. The van der Waals surface area contributed by atoms with E-state index in [4.69, 9.17) is 4.74 Å². The number of fused-ring (bicyclic) bond motifs is 1. The van der Waals surface area contributed by atoms with Crippen molar-refractivity contribution < 1.29 is 22.3 Å². The minimum Gasteiger partial charge on any atom is -0.380 e. The highest BCUT2D eigenvalue weighted by atomic mass is 19.2. The molecule has 166 valence electrons. The first-order valence-electron chi connectivity index (χ1n) is 10.4. The molecule has 0 spiro atoms. The number of rotatable bonds is 5. The SMILES string of the molecule is COCc1ccc(CCc2cc(F)c(C#Cc3ccc4cc(F)c(F)cc4c3)c(F)c2)cc1. The molecule has 0 unspecified atom stereocenters. The third kappa shape index (κ3) is 5.42. The van der Waals surface area contributed by atoms with Crippen LogP contribution in [0.5, 0.6) is 0 Å². The van der Waals surface area contributed by atoms with Crippen LogP contribution in [0.25, 0.3) is 10.8 Å². The summed E-state index contributed by atoms with van der Waals surface area (Å²) in [6.07, 6.45) is 1.13. The molecule has 1 nitrogen and oxygen atoms in total. The molecule has 0 radical (unpaired) electrons. The fraction of sp³-hybridized carbons (Fsp3) is 0.143. The minimum absolute atomic E-state index is 0.326. The summed E-state index contributed by atoms with van der Waals surface area (Å²) in [5.74, 6) is 1.86. The van der Waals surface area contributed by atoms with Crippen molar-refractivity contribution in [2.24, 2.45) is 0 Å². The maximum atomic E-state index is 14.6. The molecule has 0 saturated heterocycles. The van der Waals surface area contributed by atoms with E-state index in [0.29, 0.717) is 41.3 Å². The van der Waals surface area contributed by atoms with Gasteiger partial charge in [-0.3, -0.25) is 0 Å². The van der Waals surface area contributed by atoms with Crippen molar-refractivity contribution in [2.45, 2.75) is 19.4 Å². The average Bonchev–Trinajstić information content (AvgIpc) is 2.79. The molecule has 0 bridgehead atoms. The highest BCUT2D eigenvalue weighted by Crippen LogP contribution is 2.21. The number of methoxy groups -OCH3 is 1. The molecule has 0 aliphatic carbocycles. The molecule has 0 amide bonds. The van der Waals surface area contributed by atoms with Gasteiger partial charge in [-0.25, -0.2) is 17.6 Å². The van der Waals surface area contributed by atoms with Crippen molar-refractivity contribution in [3.8, 4) is 11.8 Å². The van der Waals surface area contributed by atoms with Crippen LogP contribution >= 0.6 is 0 Å². The van der Waals surface area contributed by atoms with Gasteiger partial charge >= 0.3 is 0 Å². The first kappa shape index (κ1) is 22.6. The molecule has 4 rings (SSSR count). The lowest BCUT2D eigenvalue weighted by atomic mass is 10.0. The van der Waals surface area contributed by atoms with Gasteiger partial charge in [-0.1, -0.05) is 42.2 Å². The topological polar surface area (TPSA) is 9.23 Å². The van der Waals surface area contributed by atoms with Crippen LogP contribution in [0.2, 0.25) is 0 Å². The normalized spacial score (nSPS) is 10.8. The minimum atomic E-state index is -0.966. The number of benzene rings is 4. The number of ether oxygens (including phenoxy) is 1. The third-order valence-corrected chi connectivity index (χ3v) is 5.35. The van der Waals surface area contributed by atoms with Crippen LogP contribution in [0, 0.1) is 35.1 Å². The predicted octanol–water partition coefficient (Wildman–Crippen LogP) is 6.73. The Morgan fingerprint density at radius 2 is 1.21 bits per heavy atom. The van der Waals surface area contributed by atoms with Crippen molar-refractivity contribution in [1.29, 1.82) is 0 Å². The summed E-state index contributed by atoms with van der Waals surface area (Å²) < 4.78 is 61.1. The van der Waals surface area contributed by atoms with E-state index in [9.17, 15) is 17.6 Å². The largest absolute Gasteiger partial charge is 0.380 e. The van der Waals surface area contributed by atoms with E-state index >= 15 is 0 Å². The van der Waals surface area contributed by atoms with Crippen molar-refractivity contribution in [1.82, 2.24) is 0 Å². The van der Waals surface area contributed by atoms with Crippen LogP contribution in [-0.2, 0) is 24.2 Å². The highest BCUT2D eigenvalue weighted by molar-refractivity contribution is 5.84. The van der Waals surface area contributed by atoms with Crippen LogP contribution < -0.4 is 0 Å². The Bertz CT molecular complexity index is 1340. The Balaban J connectivity index is 1.50. The second-order valence-electron chi connectivity index (χ2n) is 7.76. The smallest absolute Gasteiger partial charge is 0.159 e. The van der Waals surface area contributed by atoms with E-state index in [1.165, 1.54) is 12.1 Å². The molecule has 0 fully saturated rings. The Hall–Kier alpha value is -3.62. The Kier molecular flexibility index (Phi) is 6.76. The Morgan fingerprint density at radius 1 is 0.606 bits per heavy atom. The summed E-state index contributed by atoms with van der Waals surface area (Å²) in [5, 5.41) is 0.960. The second-order valence-corrected chi connectivity index (χ2v) is 7.76. The highest BCUT2D eigenvalue weighted by Gasteiger charge is 2.10. The molecule has 5 heteroatoms. The molecular weight excluding hydrogens is 428 g/mol. The summed E-state index contributed by atoms with van der Waals surface area (Å²) in [4.78, 5) is 0. The van der Waals surface area contributed by atoms with Gasteiger partial charge in [-0.2, -0.15) is 0 Å². The zero-order valence-electron chi connectivity index (χ0n) is 17.9. The van der Waals surface area contributed by atoms with Crippen LogP contribution in [0.4, 0.5) is 17.6 Å². The van der Waals surface area contributed by atoms with Crippen molar-refractivity contribution in [3.05, 3.63) is 118 Å². The molecule has 0 atom stereocenters. The molecule has 4 aromatic rings. The summed E-state index contributed by atoms with van der Waals surface area (Å²) >= 11 is 0. The zero-order chi connectivity index (χ0) is 23.4. The van der Waals surface area contributed by atoms with Gasteiger partial charge in [-0.15, -0.1) is 0 Å². The Morgan fingerprint density at radius 3 is 1.88 bits per heavy atom. The quantitative estimate of drug-likeness (QED) is 0.243. The summed E-state index contributed by atoms with van der Waals surface area (Å²) in [6.45, 7) is 0.536.